The second-order valence-electron chi connectivity index (χ2n) is 6.83. The summed E-state index contributed by atoms with van der Waals surface area (Å²) in [5.74, 6) is -1.57. The zero-order valence-corrected chi connectivity index (χ0v) is 16.9. The largest absolute Gasteiger partial charge is 0.459 e. The minimum absolute atomic E-state index is 0.111. The highest BCUT2D eigenvalue weighted by atomic mass is 16.5. The van der Waals surface area contributed by atoms with Crippen molar-refractivity contribution in [3.8, 4) is 0 Å². The van der Waals surface area contributed by atoms with E-state index in [4.69, 9.17) is 9.15 Å². The Morgan fingerprint density at radius 3 is 2.40 bits per heavy atom. The minimum Gasteiger partial charge on any atom is -0.459 e. The van der Waals surface area contributed by atoms with Crippen LogP contribution in [0.25, 0.3) is 0 Å². The zero-order valence-electron chi connectivity index (χ0n) is 16.9. The normalized spacial score (nSPS) is 11.4. The van der Waals surface area contributed by atoms with Gasteiger partial charge >= 0.3 is 5.97 Å². The summed E-state index contributed by atoms with van der Waals surface area (Å²) in [6, 6.07) is 15.1. The Labute approximate surface area is 174 Å². The molecule has 0 aliphatic rings. The van der Waals surface area contributed by atoms with Gasteiger partial charge in [0.1, 0.15) is 0 Å². The van der Waals surface area contributed by atoms with Crippen LogP contribution >= 0.6 is 0 Å². The van der Waals surface area contributed by atoms with Crippen LogP contribution in [0, 0.1) is 13.8 Å². The number of benzene rings is 2. The van der Waals surface area contributed by atoms with Crippen molar-refractivity contribution in [2.75, 3.05) is 10.6 Å². The molecule has 1 heterocycles. The number of aryl methyl sites for hydroxylation is 2. The monoisotopic (exact) mass is 406 g/mol. The van der Waals surface area contributed by atoms with E-state index in [1.165, 1.54) is 25.3 Å². The number of esters is 1. The number of anilines is 2. The molecule has 7 nitrogen and oxygen atoms in total. The molecule has 0 fully saturated rings. The third kappa shape index (κ3) is 4.94. The lowest BCUT2D eigenvalue weighted by Gasteiger charge is -2.16. The van der Waals surface area contributed by atoms with Crippen molar-refractivity contribution in [2.45, 2.75) is 26.9 Å². The molecule has 2 amide bonds. The molecule has 3 aromatic rings. The van der Waals surface area contributed by atoms with Crippen molar-refractivity contribution in [2.24, 2.45) is 0 Å². The number of hydrogen-bond acceptors (Lipinski definition) is 5. The Kier molecular flexibility index (Phi) is 6.32. The maximum atomic E-state index is 12.6. The van der Waals surface area contributed by atoms with E-state index in [-0.39, 0.29) is 17.0 Å². The van der Waals surface area contributed by atoms with Crippen molar-refractivity contribution in [1.29, 1.82) is 0 Å². The average Bonchev–Trinajstić information content (AvgIpc) is 3.25. The van der Waals surface area contributed by atoms with Gasteiger partial charge in [0.15, 0.2) is 11.9 Å². The van der Waals surface area contributed by atoms with Crippen molar-refractivity contribution in [3.63, 3.8) is 0 Å². The quantitative estimate of drug-likeness (QED) is 0.594. The second-order valence-corrected chi connectivity index (χ2v) is 6.83. The van der Waals surface area contributed by atoms with Gasteiger partial charge in [-0.15, -0.1) is 0 Å². The van der Waals surface area contributed by atoms with E-state index in [1.807, 2.05) is 26.0 Å². The summed E-state index contributed by atoms with van der Waals surface area (Å²) in [7, 11) is 0. The van der Waals surface area contributed by atoms with E-state index in [0.717, 1.165) is 11.1 Å². The van der Waals surface area contributed by atoms with E-state index in [9.17, 15) is 14.4 Å². The average molecular weight is 406 g/mol. The molecule has 0 aliphatic heterocycles. The number of furan rings is 1. The first-order chi connectivity index (χ1) is 14.3. The number of ether oxygens (including phenoxy) is 1. The number of carbonyl (C=O) groups is 3. The maximum absolute atomic E-state index is 12.6. The van der Waals surface area contributed by atoms with Crippen molar-refractivity contribution < 1.29 is 23.5 Å². The molecular formula is C23H22N2O5. The lowest BCUT2D eigenvalue weighted by molar-refractivity contribution is -0.123. The van der Waals surface area contributed by atoms with E-state index < -0.39 is 23.9 Å². The number of nitrogens with one attached hydrogen (secondary N) is 2. The lowest BCUT2D eigenvalue weighted by atomic mass is 10.1. The standard InChI is InChI=1S/C23H22N2O5/c1-14-10-11-18(15(2)13-14)24-21(26)16(3)30-23(28)17-7-4-5-8-19(17)25-22(27)20-9-6-12-29-20/h4-13,16H,1-3H3,(H,24,26)(H,25,27)/t16-/m0/s1. The molecule has 0 saturated carbocycles. The van der Waals surface area contributed by atoms with Crippen molar-refractivity contribution in [1.82, 2.24) is 0 Å². The van der Waals surface area contributed by atoms with Crippen LogP contribution in [-0.4, -0.2) is 23.9 Å². The van der Waals surface area contributed by atoms with E-state index in [2.05, 4.69) is 10.6 Å². The molecule has 0 unspecified atom stereocenters. The summed E-state index contributed by atoms with van der Waals surface area (Å²) in [6.45, 7) is 5.34. The molecule has 2 N–H and O–H groups in total. The summed E-state index contributed by atoms with van der Waals surface area (Å²) in [5, 5.41) is 5.38. The van der Waals surface area contributed by atoms with Crippen LogP contribution in [-0.2, 0) is 9.53 Å². The number of amides is 2. The van der Waals surface area contributed by atoms with Crippen LogP contribution in [0.15, 0.2) is 65.3 Å². The molecular weight excluding hydrogens is 384 g/mol. The third-order valence-electron chi connectivity index (χ3n) is 4.43. The molecule has 1 aromatic heterocycles. The van der Waals surface area contributed by atoms with Crippen LogP contribution in [0.2, 0.25) is 0 Å². The molecule has 30 heavy (non-hydrogen) atoms. The van der Waals surface area contributed by atoms with E-state index in [0.29, 0.717) is 5.69 Å². The summed E-state index contributed by atoms with van der Waals surface area (Å²) in [4.78, 5) is 37.3. The molecule has 154 valence electrons. The highest BCUT2D eigenvalue weighted by Gasteiger charge is 2.22. The molecule has 1 atom stereocenters. The summed E-state index contributed by atoms with van der Waals surface area (Å²) < 4.78 is 10.4. The van der Waals surface area contributed by atoms with Crippen LogP contribution in [0.4, 0.5) is 11.4 Å². The minimum atomic E-state index is -1.04. The van der Waals surface area contributed by atoms with Crippen LogP contribution in [0.5, 0.6) is 0 Å². The van der Waals surface area contributed by atoms with Gasteiger partial charge in [0.25, 0.3) is 11.8 Å². The number of rotatable bonds is 6. The fourth-order valence-corrected chi connectivity index (χ4v) is 2.83. The van der Waals surface area contributed by atoms with Gasteiger partial charge in [0.2, 0.25) is 0 Å². The first-order valence-corrected chi connectivity index (χ1v) is 9.38. The molecule has 0 saturated heterocycles. The van der Waals surface area contributed by atoms with Crippen LogP contribution in [0.1, 0.15) is 39.0 Å². The highest BCUT2D eigenvalue weighted by Crippen LogP contribution is 2.20. The second kappa shape index (κ2) is 9.09. The molecule has 0 aliphatic carbocycles. The first-order valence-electron chi connectivity index (χ1n) is 9.38. The van der Waals surface area contributed by atoms with Gasteiger partial charge in [0.05, 0.1) is 17.5 Å². The molecule has 0 radical (unpaired) electrons. The Hall–Kier alpha value is -3.87. The summed E-state index contributed by atoms with van der Waals surface area (Å²) >= 11 is 0. The number of hydrogen-bond donors (Lipinski definition) is 2. The molecule has 2 aromatic carbocycles. The van der Waals surface area contributed by atoms with E-state index >= 15 is 0 Å². The fraction of sp³-hybridized carbons (Fsp3) is 0.174. The summed E-state index contributed by atoms with van der Waals surface area (Å²) in [6.07, 6.45) is 0.345. The SMILES string of the molecule is Cc1ccc(NC(=O)[C@H](C)OC(=O)c2ccccc2NC(=O)c2ccco2)c(C)c1. The predicted molar refractivity (Wildman–Crippen MR) is 113 cm³/mol. The highest BCUT2D eigenvalue weighted by molar-refractivity contribution is 6.07. The van der Waals surface area contributed by atoms with Gasteiger partial charge in [-0.1, -0.05) is 29.8 Å². The maximum Gasteiger partial charge on any atom is 0.341 e. The van der Waals surface area contributed by atoms with E-state index in [1.54, 1.807) is 30.3 Å². The zero-order chi connectivity index (χ0) is 21.7. The fourth-order valence-electron chi connectivity index (χ4n) is 2.83. The van der Waals surface area contributed by atoms with Crippen LogP contribution < -0.4 is 10.6 Å². The Balaban J connectivity index is 1.68. The van der Waals surface area contributed by atoms with Gasteiger partial charge in [0, 0.05) is 5.69 Å². The topological polar surface area (TPSA) is 97.6 Å². The Morgan fingerprint density at radius 2 is 1.70 bits per heavy atom. The van der Waals surface area contributed by atoms with Gasteiger partial charge in [-0.2, -0.15) is 0 Å². The van der Waals surface area contributed by atoms with Gasteiger partial charge < -0.3 is 19.8 Å². The van der Waals surface area contributed by atoms with Crippen LogP contribution in [0.3, 0.4) is 0 Å². The molecule has 0 bridgehead atoms. The van der Waals surface area contributed by atoms with Gasteiger partial charge in [-0.05, 0) is 56.7 Å². The summed E-state index contributed by atoms with van der Waals surface area (Å²) in [5.41, 5.74) is 3.03. The first kappa shape index (κ1) is 20.9. The molecule has 7 heteroatoms. The lowest BCUT2D eigenvalue weighted by Crippen LogP contribution is -2.30. The van der Waals surface area contributed by atoms with Gasteiger partial charge in [-0.25, -0.2) is 4.79 Å². The predicted octanol–water partition coefficient (Wildman–Crippen LogP) is 4.33. The Morgan fingerprint density at radius 1 is 0.933 bits per heavy atom. The third-order valence-corrected chi connectivity index (χ3v) is 4.43. The molecule has 3 rings (SSSR count). The Bertz CT molecular complexity index is 1070. The smallest absolute Gasteiger partial charge is 0.341 e. The number of para-hydroxylation sites is 1. The van der Waals surface area contributed by atoms with Crippen molar-refractivity contribution >= 4 is 29.2 Å². The molecule has 0 spiro atoms. The number of carbonyl (C=O) groups excluding carboxylic acids is 3. The van der Waals surface area contributed by atoms with Gasteiger partial charge in [-0.3, -0.25) is 9.59 Å². The van der Waals surface area contributed by atoms with Crippen molar-refractivity contribution in [3.05, 3.63) is 83.3 Å².